The fourth-order valence-corrected chi connectivity index (χ4v) is 2.47. The van der Waals surface area contributed by atoms with Crippen LogP contribution in [0, 0.1) is 5.92 Å². The minimum absolute atomic E-state index is 0.0590. The van der Waals surface area contributed by atoms with Crippen molar-refractivity contribution in [3.05, 3.63) is 28.0 Å². The summed E-state index contributed by atoms with van der Waals surface area (Å²) in [6.07, 6.45) is 2.46. The number of carbonyl (C=O) groups excluding carboxylic acids is 1. The third-order valence-corrected chi connectivity index (χ3v) is 3.45. The number of aromatic amines is 1. The van der Waals surface area contributed by atoms with Gasteiger partial charge in [-0.05, 0) is 19.3 Å². The van der Waals surface area contributed by atoms with Gasteiger partial charge in [-0.15, -0.1) is 0 Å². The van der Waals surface area contributed by atoms with Crippen molar-refractivity contribution in [2.45, 2.75) is 31.7 Å². The van der Waals surface area contributed by atoms with Crippen molar-refractivity contribution in [1.82, 2.24) is 10.3 Å². The highest BCUT2D eigenvalue weighted by Crippen LogP contribution is 2.24. The Balaban J connectivity index is 2.04. The van der Waals surface area contributed by atoms with Crippen LogP contribution in [0.1, 0.15) is 36.0 Å². The monoisotopic (exact) mass is 280 g/mol. The van der Waals surface area contributed by atoms with E-state index in [4.69, 9.17) is 5.11 Å². The molecule has 1 amide bonds. The zero-order valence-electron chi connectivity index (χ0n) is 10.8. The van der Waals surface area contributed by atoms with Gasteiger partial charge in [-0.25, -0.2) is 0 Å². The number of nitrogens with one attached hydrogen (secondary N) is 2. The van der Waals surface area contributed by atoms with Gasteiger partial charge in [0.2, 0.25) is 0 Å². The summed E-state index contributed by atoms with van der Waals surface area (Å²) in [5.41, 5.74) is -0.508. The number of H-pyrrole nitrogens is 1. The molecular weight excluding hydrogens is 264 g/mol. The fraction of sp³-hybridized carbons (Fsp3) is 0.462. The van der Waals surface area contributed by atoms with Gasteiger partial charge in [-0.3, -0.25) is 19.4 Å². The van der Waals surface area contributed by atoms with Gasteiger partial charge in [0.1, 0.15) is 0 Å². The molecule has 0 aromatic carbocycles. The molecule has 1 fully saturated rings. The first kappa shape index (κ1) is 14.1. The van der Waals surface area contributed by atoms with E-state index in [2.05, 4.69) is 10.3 Å². The third kappa shape index (κ3) is 3.37. The molecule has 1 aliphatic carbocycles. The minimum atomic E-state index is -0.849. The second-order valence-electron chi connectivity index (χ2n) is 4.99. The van der Waals surface area contributed by atoms with Gasteiger partial charge >= 0.3 is 5.97 Å². The van der Waals surface area contributed by atoms with Gasteiger partial charge in [0, 0.05) is 18.2 Å². The lowest BCUT2D eigenvalue weighted by Crippen LogP contribution is -2.40. The van der Waals surface area contributed by atoms with Crippen molar-refractivity contribution < 1.29 is 19.8 Å². The zero-order chi connectivity index (χ0) is 14.7. The third-order valence-electron chi connectivity index (χ3n) is 3.45. The first-order valence-electron chi connectivity index (χ1n) is 6.42. The molecule has 2 rings (SSSR count). The van der Waals surface area contributed by atoms with E-state index >= 15 is 0 Å². The van der Waals surface area contributed by atoms with Crippen LogP contribution >= 0.6 is 0 Å². The number of aromatic hydroxyl groups is 1. The number of carboxylic acid groups (broad SMARTS) is 1. The number of carbonyl (C=O) groups is 2. The van der Waals surface area contributed by atoms with Gasteiger partial charge in [0.15, 0.2) is 5.88 Å². The molecule has 0 aliphatic heterocycles. The Morgan fingerprint density at radius 1 is 1.30 bits per heavy atom. The topological polar surface area (TPSA) is 119 Å². The smallest absolute Gasteiger partial charge is 0.306 e. The van der Waals surface area contributed by atoms with Gasteiger partial charge in [-0.2, -0.15) is 0 Å². The molecule has 4 N–H and O–H groups in total. The molecule has 7 nitrogen and oxygen atoms in total. The Morgan fingerprint density at radius 3 is 2.70 bits per heavy atom. The fourth-order valence-electron chi connectivity index (χ4n) is 2.47. The highest BCUT2D eigenvalue weighted by atomic mass is 16.4. The summed E-state index contributed by atoms with van der Waals surface area (Å²) in [6.45, 7) is 0. The Hall–Kier alpha value is -2.31. The van der Waals surface area contributed by atoms with E-state index in [1.54, 1.807) is 0 Å². The van der Waals surface area contributed by atoms with E-state index in [1.165, 1.54) is 0 Å². The molecule has 20 heavy (non-hydrogen) atoms. The van der Waals surface area contributed by atoms with Crippen LogP contribution in [0.15, 0.2) is 16.9 Å². The molecule has 0 saturated heterocycles. The van der Waals surface area contributed by atoms with Crippen molar-refractivity contribution in [2.75, 3.05) is 0 Å². The molecule has 2 unspecified atom stereocenters. The molecule has 108 valence electrons. The molecule has 1 heterocycles. The summed E-state index contributed by atoms with van der Waals surface area (Å²) >= 11 is 0. The highest BCUT2D eigenvalue weighted by Gasteiger charge is 2.28. The number of aliphatic carboxylic acids is 1. The molecule has 1 aliphatic rings. The van der Waals surface area contributed by atoms with Crippen LogP contribution in [0.5, 0.6) is 5.88 Å². The van der Waals surface area contributed by atoms with E-state index < -0.39 is 23.4 Å². The van der Waals surface area contributed by atoms with E-state index in [1.807, 2.05) is 0 Å². The van der Waals surface area contributed by atoms with Crippen LogP contribution in [0.4, 0.5) is 0 Å². The summed E-state index contributed by atoms with van der Waals surface area (Å²) < 4.78 is 0. The van der Waals surface area contributed by atoms with E-state index in [-0.39, 0.29) is 17.5 Å². The van der Waals surface area contributed by atoms with Crippen LogP contribution in [0.3, 0.4) is 0 Å². The number of hydrogen-bond acceptors (Lipinski definition) is 4. The van der Waals surface area contributed by atoms with E-state index in [0.29, 0.717) is 19.3 Å². The summed E-state index contributed by atoms with van der Waals surface area (Å²) in [4.78, 5) is 36.2. The normalized spacial score (nSPS) is 22.2. The highest BCUT2D eigenvalue weighted by molar-refractivity contribution is 5.94. The predicted octanol–water partition coefficient (Wildman–Crippen LogP) is 0.454. The van der Waals surface area contributed by atoms with Crippen molar-refractivity contribution in [2.24, 2.45) is 5.92 Å². The molecular formula is C13H16N2O5. The van der Waals surface area contributed by atoms with Crippen molar-refractivity contribution >= 4 is 11.9 Å². The first-order chi connectivity index (χ1) is 9.45. The Kier molecular flexibility index (Phi) is 4.07. The maximum atomic E-state index is 12.0. The van der Waals surface area contributed by atoms with Crippen molar-refractivity contribution in [3.63, 3.8) is 0 Å². The number of rotatable bonds is 3. The average Bonchev–Trinajstić information content (AvgIpc) is 2.37. The zero-order valence-corrected chi connectivity index (χ0v) is 10.8. The van der Waals surface area contributed by atoms with Crippen LogP contribution in [-0.4, -0.2) is 33.1 Å². The molecule has 0 spiro atoms. The van der Waals surface area contributed by atoms with E-state index in [9.17, 15) is 19.5 Å². The molecule has 1 aromatic rings. The molecule has 2 atom stereocenters. The maximum absolute atomic E-state index is 12.0. The summed E-state index contributed by atoms with van der Waals surface area (Å²) in [5.74, 6) is -2.16. The van der Waals surface area contributed by atoms with Gasteiger partial charge in [0.05, 0.1) is 11.5 Å². The van der Waals surface area contributed by atoms with Crippen LogP contribution in [0.25, 0.3) is 0 Å². The first-order valence-corrected chi connectivity index (χ1v) is 6.42. The van der Waals surface area contributed by atoms with Crippen LogP contribution < -0.4 is 10.9 Å². The Morgan fingerprint density at radius 2 is 2.05 bits per heavy atom. The lowest BCUT2D eigenvalue weighted by atomic mass is 9.85. The summed E-state index contributed by atoms with van der Waals surface area (Å²) in [6, 6.07) is 2.03. The van der Waals surface area contributed by atoms with Gasteiger partial charge in [0.25, 0.3) is 11.5 Å². The quantitative estimate of drug-likeness (QED) is 0.641. The standard InChI is InChI=1S/C13H16N2O5/c16-10-5-8(6-11(17)15-10)12(18)14-9-3-1-2-7(4-9)13(19)20/h5-7,9H,1-4H2,(H,14,18)(H,19,20)(H2,15,16,17). The second kappa shape index (κ2) is 5.77. The summed E-state index contributed by atoms with van der Waals surface area (Å²) in [7, 11) is 0. The molecule has 1 saturated carbocycles. The maximum Gasteiger partial charge on any atom is 0.306 e. The van der Waals surface area contributed by atoms with Gasteiger partial charge < -0.3 is 15.5 Å². The minimum Gasteiger partial charge on any atom is -0.494 e. The second-order valence-corrected chi connectivity index (χ2v) is 4.99. The SMILES string of the molecule is O=C(NC1CCCC(C(=O)O)C1)c1cc(O)[nH]c(=O)c1. The number of aromatic nitrogens is 1. The largest absolute Gasteiger partial charge is 0.494 e. The van der Waals surface area contributed by atoms with Gasteiger partial charge in [-0.1, -0.05) is 6.42 Å². The molecule has 1 aromatic heterocycles. The van der Waals surface area contributed by atoms with Crippen molar-refractivity contribution in [3.8, 4) is 5.88 Å². The average molecular weight is 280 g/mol. The predicted molar refractivity (Wildman–Crippen MR) is 69.6 cm³/mol. The number of amides is 1. The van der Waals surface area contributed by atoms with Crippen LogP contribution in [0.2, 0.25) is 0 Å². The van der Waals surface area contributed by atoms with Crippen molar-refractivity contribution in [1.29, 1.82) is 0 Å². The lowest BCUT2D eigenvalue weighted by molar-refractivity contribution is -0.143. The number of hydrogen-bond donors (Lipinski definition) is 4. The number of pyridine rings is 1. The molecule has 7 heteroatoms. The van der Waals surface area contributed by atoms with E-state index in [0.717, 1.165) is 18.6 Å². The van der Waals surface area contributed by atoms with Crippen LogP contribution in [-0.2, 0) is 4.79 Å². The molecule has 0 bridgehead atoms. The summed E-state index contributed by atoms with van der Waals surface area (Å²) in [5, 5.41) is 20.9. The number of carboxylic acids is 1. The molecule has 0 radical (unpaired) electrons. The Labute approximate surface area is 114 Å². The Bertz CT molecular complexity index is 580. The lowest BCUT2D eigenvalue weighted by Gasteiger charge is -2.27.